The van der Waals surface area contributed by atoms with Crippen molar-refractivity contribution in [2.24, 2.45) is 4.99 Å². The summed E-state index contributed by atoms with van der Waals surface area (Å²) in [5.41, 5.74) is 2.43. The minimum Gasteiger partial charge on any atom is -0.269 e. The minimum atomic E-state index is 1.09. The van der Waals surface area contributed by atoms with Crippen molar-refractivity contribution in [3.63, 3.8) is 0 Å². The number of hydrogen-bond donors (Lipinski definition) is 0. The van der Waals surface area contributed by atoms with Gasteiger partial charge in [-0.05, 0) is 31.6 Å². The molecule has 0 atom stereocenters. The maximum absolute atomic E-state index is 3.90. The number of aliphatic imine (C=N–C) groups is 1. The molecule has 0 saturated heterocycles. The molecular formula is C8H11N. The molecule has 0 spiro atoms. The Bertz CT molecular complexity index is 147. The molecule has 0 aromatic heterocycles. The van der Waals surface area contributed by atoms with Gasteiger partial charge in [-0.15, -0.1) is 0 Å². The van der Waals surface area contributed by atoms with Crippen molar-refractivity contribution >= 4 is 6.72 Å². The molecule has 0 saturated carbocycles. The highest BCUT2D eigenvalue weighted by Gasteiger charge is 2.08. The molecule has 1 nitrogen and oxygen atoms in total. The van der Waals surface area contributed by atoms with Crippen LogP contribution in [0.15, 0.2) is 28.9 Å². The SMILES string of the molecule is C=CC1=C(N=C)CCC1. The Balaban J connectivity index is 2.81. The standard InChI is InChI=1S/C8H11N/c1-3-7-5-4-6-8(7)9-2/h3H,1-2,4-6H2. The third-order valence-corrected chi connectivity index (χ3v) is 1.67. The molecule has 0 N–H and O–H groups in total. The van der Waals surface area contributed by atoms with Crippen molar-refractivity contribution in [2.45, 2.75) is 19.3 Å². The number of allylic oxidation sites excluding steroid dienone is 3. The second-order valence-electron chi connectivity index (χ2n) is 2.19. The van der Waals surface area contributed by atoms with E-state index in [0.717, 1.165) is 18.5 Å². The van der Waals surface area contributed by atoms with E-state index in [1.165, 1.54) is 12.0 Å². The fraction of sp³-hybridized carbons (Fsp3) is 0.375. The molecule has 1 aliphatic carbocycles. The van der Waals surface area contributed by atoms with Gasteiger partial charge < -0.3 is 0 Å². The zero-order valence-electron chi connectivity index (χ0n) is 5.56. The summed E-state index contributed by atoms with van der Waals surface area (Å²) in [5, 5.41) is 0. The maximum atomic E-state index is 3.90. The molecular weight excluding hydrogens is 110 g/mol. The molecule has 0 fully saturated rings. The normalized spacial score (nSPS) is 18.2. The van der Waals surface area contributed by atoms with Crippen molar-refractivity contribution in [3.8, 4) is 0 Å². The van der Waals surface area contributed by atoms with Gasteiger partial charge in [-0.25, -0.2) is 0 Å². The van der Waals surface area contributed by atoms with Crippen LogP contribution in [0.1, 0.15) is 19.3 Å². The van der Waals surface area contributed by atoms with E-state index in [-0.39, 0.29) is 0 Å². The van der Waals surface area contributed by atoms with Crippen LogP contribution in [-0.2, 0) is 0 Å². The lowest BCUT2D eigenvalue weighted by Crippen LogP contribution is -1.72. The van der Waals surface area contributed by atoms with E-state index in [4.69, 9.17) is 0 Å². The fourth-order valence-electron chi connectivity index (χ4n) is 1.15. The molecule has 0 aromatic rings. The smallest absolute Gasteiger partial charge is 0.0428 e. The molecule has 0 aliphatic heterocycles. The topological polar surface area (TPSA) is 12.4 Å². The molecule has 9 heavy (non-hydrogen) atoms. The molecule has 1 aliphatic rings. The van der Waals surface area contributed by atoms with Gasteiger partial charge in [-0.1, -0.05) is 12.7 Å². The Morgan fingerprint density at radius 3 is 2.67 bits per heavy atom. The Morgan fingerprint density at radius 1 is 1.44 bits per heavy atom. The van der Waals surface area contributed by atoms with Gasteiger partial charge in [-0.3, -0.25) is 4.99 Å². The van der Waals surface area contributed by atoms with Crippen molar-refractivity contribution in [3.05, 3.63) is 23.9 Å². The quantitative estimate of drug-likeness (QED) is 0.497. The highest BCUT2D eigenvalue weighted by Crippen LogP contribution is 2.26. The lowest BCUT2D eigenvalue weighted by atomic mass is 10.2. The predicted octanol–water partition coefficient (Wildman–Crippen LogP) is 2.31. The summed E-state index contributed by atoms with van der Waals surface area (Å²) in [7, 11) is 0. The summed E-state index contributed by atoms with van der Waals surface area (Å²) in [6.45, 7) is 7.18. The first-order valence-corrected chi connectivity index (χ1v) is 3.19. The van der Waals surface area contributed by atoms with Crippen LogP contribution in [0.2, 0.25) is 0 Å². The molecule has 0 unspecified atom stereocenters. The number of hydrogen-bond acceptors (Lipinski definition) is 1. The minimum absolute atomic E-state index is 1.09. The van der Waals surface area contributed by atoms with Crippen LogP contribution in [0.25, 0.3) is 0 Å². The van der Waals surface area contributed by atoms with Gasteiger partial charge in [0.25, 0.3) is 0 Å². The third kappa shape index (κ3) is 1.10. The van der Waals surface area contributed by atoms with Gasteiger partial charge >= 0.3 is 0 Å². The predicted molar refractivity (Wildman–Crippen MR) is 40.6 cm³/mol. The first-order valence-electron chi connectivity index (χ1n) is 3.19. The Hall–Kier alpha value is -0.850. The highest BCUT2D eigenvalue weighted by atomic mass is 14.7. The molecule has 1 heteroatoms. The van der Waals surface area contributed by atoms with E-state index < -0.39 is 0 Å². The van der Waals surface area contributed by atoms with Gasteiger partial charge in [0.1, 0.15) is 0 Å². The average molecular weight is 121 g/mol. The van der Waals surface area contributed by atoms with Crippen molar-refractivity contribution in [1.29, 1.82) is 0 Å². The van der Waals surface area contributed by atoms with Gasteiger partial charge in [0.05, 0.1) is 0 Å². The molecule has 48 valence electrons. The maximum Gasteiger partial charge on any atom is 0.0428 e. The zero-order valence-corrected chi connectivity index (χ0v) is 5.56. The lowest BCUT2D eigenvalue weighted by Gasteiger charge is -1.91. The van der Waals surface area contributed by atoms with Gasteiger partial charge in [0, 0.05) is 5.70 Å². The molecule has 0 aromatic carbocycles. The summed E-state index contributed by atoms with van der Waals surface area (Å²) in [6.07, 6.45) is 5.33. The summed E-state index contributed by atoms with van der Waals surface area (Å²) in [4.78, 5) is 3.90. The average Bonchev–Trinajstić information content (AvgIpc) is 2.33. The van der Waals surface area contributed by atoms with Crippen molar-refractivity contribution in [2.75, 3.05) is 0 Å². The monoisotopic (exact) mass is 121 g/mol. The Morgan fingerprint density at radius 2 is 2.22 bits per heavy atom. The Labute approximate surface area is 55.8 Å². The molecule has 0 bridgehead atoms. The van der Waals surface area contributed by atoms with E-state index in [1.54, 1.807) is 0 Å². The van der Waals surface area contributed by atoms with Crippen LogP contribution in [0.3, 0.4) is 0 Å². The summed E-state index contributed by atoms with van der Waals surface area (Å²) >= 11 is 0. The lowest BCUT2D eigenvalue weighted by molar-refractivity contribution is 0.895. The molecule has 0 heterocycles. The summed E-state index contributed by atoms with van der Waals surface area (Å²) in [6, 6.07) is 0. The second-order valence-corrected chi connectivity index (χ2v) is 2.19. The molecule has 0 radical (unpaired) electrons. The number of rotatable bonds is 2. The number of nitrogens with zero attached hydrogens (tertiary/aromatic N) is 1. The molecule has 1 rings (SSSR count). The largest absolute Gasteiger partial charge is 0.269 e. The van der Waals surface area contributed by atoms with Crippen LogP contribution in [0.4, 0.5) is 0 Å². The van der Waals surface area contributed by atoms with Crippen LogP contribution < -0.4 is 0 Å². The van der Waals surface area contributed by atoms with Gasteiger partial charge in [-0.2, -0.15) is 0 Å². The third-order valence-electron chi connectivity index (χ3n) is 1.67. The summed E-state index contributed by atoms with van der Waals surface area (Å²) in [5.74, 6) is 0. The summed E-state index contributed by atoms with van der Waals surface area (Å²) < 4.78 is 0. The first-order chi connectivity index (χ1) is 4.38. The van der Waals surface area contributed by atoms with E-state index in [1.807, 2.05) is 6.08 Å². The highest BCUT2D eigenvalue weighted by molar-refractivity contribution is 5.35. The van der Waals surface area contributed by atoms with Crippen LogP contribution in [0.5, 0.6) is 0 Å². The van der Waals surface area contributed by atoms with E-state index in [0.29, 0.717) is 0 Å². The Kier molecular flexibility index (Phi) is 1.83. The van der Waals surface area contributed by atoms with E-state index in [9.17, 15) is 0 Å². The van der Waals surface area contributed by atoms with Crippen molar-refractivity contribution < 1.29 is 0 Å². The van der Waals surface area contributed by atoms with Crippen LogP contribution in [-0.4, -0.2) is 6.72 Å². The fourth-order valence-corrected chi connectivity index (χ4v) is 1.15. The second kappa shape index (κ2) is 2.62. The van der Waals surface area contributed by atoms with Crippen LogP contribution >= 0.6 is 0 Å². The first kappa shape index (κ1) is 6.27. The van der Waals surface area contributed by atoms with E-state index >= 15 is 0 Å². The molecule has 0 amide bonds. The van der Waals surface area contributed by atoms with Crippen molar-refractivity contribution in [1.82, 2.24) is 0 Å². The van der Waals surface area contributed by atoms with E-state index in [2.05, 4.69) is 18.3 Å². The van der Waals surface area contributed by atoms with Crippen LogP contribution in [0, 0.1) is 0 Å². The van der Waals surface area contributed by atoms with Gasteiger partial charge in [0.2, 0.25) is 0 Å². The van der Waals surface area contributed by atoms with Gasteiger partial charge in [0.15, 0.2) is 0 Å². The zero-order chi connectivity index (χ0) is 6.69.